The van der Waals surface area contributed by atoms with E-state index < -0.39 is 10.0 Å². The topological polar surface area (TPSA) is 56.8 Å². The Morgan fingerprint density at radius 1 is 0.829 bits per heavy atom. The van der Waals surface area contributed by atoms with Gasteiger partial charge in [-0.1, -0.05) is 31.0 Å². The SMILES string of the molecule is O=S(=O)(c1cccc2cnccc12)N1CCN(c2ccc3c(c2)CCN(C2CCCC2)CC3)CC1. The van der Waals surface area contributed by atoms with Gasteiger partial charge in [0.05, 0.1) is 4.90 Å². The lowest BCUT2D eigenvalue weighted by molar-refractivity contribution is 0.208. The number of piperazine rings is 1. The van der Waals surface area contributed by atoms with Crippen molar-refractivity contribution in [2.45, 2.75) is 49.5 Å². The monoisotopic (exact) mass is 490 g/mol. The number of nitrogens with zero attached hydrogens (tertiary/aromatic N) is 4. The first kappa shape index (κ1) is 23.0. The summed E-state index contributed by atoms with van der Waals surface area (Å²) in [7, 11) is -3.55. The van der Waals surface area contributed by atoms with Crippen LogP contribution in [0.15, 0.2) is 59.8 Å². The standard InChI is InChI=1S/C28H34N4O2S/c33-35(34,28-7-3-4-24-21-29-13-10-27(24)28)32-18-16-31(17-19-32)26-9-8-22-11-14-30(15-12-23(22)20-26)25-5-1-2-6-25/h3-4,7-10,13,20-21,25H,1-2,5-6,11-12,14-19H2. The van der Waals surface area contributed by atoms with Gasteiger partial charge in [0.1, 0.15) is 0 Å². The third kappa shape index (κ3) is 4.46. The number of hydrogen-bond donors (Lipinski definition) is 0. The van der Waals surface area contributed by atoms with E-state index >= 15 is 0 Å². The molecule has 35 heavy (non-hydrogen) atoms. The molecule has 2 fully saturated rings. The number of rotatable bonds is 4. The highest BCUT2D eigenvalue weighted by atomic mass is 32.2. The molecule has 1 aliphatic carbocycles. The van der Waals surface area contributed by atoms with E-state index in [0.29, 0.717) is 31.1 Å². The Hall–Kier alpha value is -2.48. The first-order valence-electron chi connectivity index (χ1n) is 13.0. The molecule has 3 aromatic rings. The number of sulfonamides is 1. The molecule has 1 saturated carbocycles. The average molecular weight is 491 g/mol. The molecule has 0 radical (unpaired) electrons. The van der Waals surface area contributed by atoms with Crippen molar-refractivity contribution in [2.75, 3.05) is 44.2 Å². The summed E-state index contributed by atoms with van der Waals surface area (Å²) in [6.45, 7) is 4.75. The second-order valence-corrected chi connectivity index (χ2v) is 12.1. The lowest BCUT2D eigenvalue weighted by Gasteiger charge is -2.35. The summed E-state index contributed by atoms with van der Waals surface area (Å²) < 4.78 is 28.6. The Morgan fingerprint density at radius 2 is 1.60 bits per heavy atom. The maximum absolute atomic E-state index is 13.5. The van der Waals surface area contributed by atoms with E-state index in [4.69, 9.17) is 0 Å². The Balaban J connectivity index is 1.15. The van der Waals surface area contributed by atoms with Crippen LogP contribution in [0.2, 0.25) is 0 Å². The van der Waals surface area contributed by atoms with Gasteiger partial charge in [0, 0.05) is 74.2 Å². The number of anilines is 1. The number of fused-ring (bicyclic) bond motifs is 2. The molecular weight excluding hydrogens is 456 g/mol. The molecule has 2 aromatic carbocycles. The van der Waals surface area contributed by atoms with Crippen LogP contribution in [-0.4, -0.2) is 67.9 Å². The normalized spacial score (nSPS) is 20.7. The fourth-order valence-electron chi connectivity index (χ4n) is 6.20. The fraction of sp³-hybridized carbons (Fsp3) is 0.464. The minimum atomic E-state index is -3.55. The van der Waals surface area contributed by atoms with Gasteiger partial charge in [-0.05, 0) is 61.1 Å². The molecular formula is C28H34N4O2S. The van der Waals surface area contributed by atoms with E-state index in [2.05, 4.69) is 33.0 Å². The maximum atomic E-state index is 13.5. The van der Waals surface area contributed by atoms with Gasteiger partial charge in [-0.3, -0.25) is 9.88 Å². The van der Waals surface area contributed by atoms with Crippen molar-refractivity contribution in [1.82, 2.24) is 14.2 Å². The quantitative estimate of drug-likeness (QED) is 0.551. The van der Waals surface area contributed by atoms with Crippen molar-refractivity contribution in [3.63, 3.8) is 0 Å². The Bertz CT molecular complexity index is 1310. The predicted molar refractivity (Wildman–Crippen MR) is 140 cm³/mol. The maximum Gasteiger partial charge on any atom is 0.243 e. The van der Waals surface area contributed by atoms with Crippen LogP contribution in [0.4, 0.5) is 5.69 Å². The lowest BCUT2D eigenvalue weighted by atomic mass is 10.0. The van der Waals surface area contributed by atoms with Crippen molar-refractivity contribution in [3.05, 3.63) is 66.0 Å². The first-order valence-corrected chi connectivity index (χ1v) is 14.5. The molecule has 0 spiro atoms. The molecule has 3 heterocycles. The summed E-state index contributed by atoms with van der Waals surface area (Å²) >= 11 is 0. The highest BCUT2D eigenvalue weighted by Crippen LogP contribution is 2.30. The van der Waals surface area contributed by atoms with Gasteiger partial charge in [0.25, 0.3) is 0 Å². The third-order valence-electron chi connectivity index (χ3n) is 8.23. The van der Waals surface area contributed by atoms with E-state index in [9.17, 15) is 8.42 Å². The second kappa shape index (κ2) is 9.52. The summed E-state index contributed by atoms with van der Waals surface area (Å²) in [6.07, 6.45) is 11.1. The molecule has 0 bridgehead atoms. The van der Waals surface area contributed by atoms with E-state index in [1.165, 1.54) is 49.0 Å². The van der Waals surface area contributed by atoms with Gasteiger partial charge in [-0.15, -0.1) is 0 Å². The Kier molecular flexibility index (Phi) is 6.25. The smallest absolute Gasteiger partial charge is 0.243 e. The highest BCUT2D eigenvalue weighted by Gasteiger charge is 2.30. The van der Waals surface area contributed by atoms with Gasteiger partial charge in [-0.25, -0.2) is 8.42 Å². The molecule has 6 rings (SSSR count). The van der Waals surface area contributed by atoms with Gasteiger partial charge >= 0.3 is 0 Å². The van der Waals surface area contributed by atoms with Crippen LogP contribution in [0, 0.1) is 0 Å². The molecule has 0 atom stereocenters. The average Bonchev–Trinajstić information content (AvgIpc) is 3.35. The van der Waals surface area contributed by atoms with Crippen molar-refractivity contribution < 1.29 is 8.42 Å². The molecule has 1 aromatic heterocycles. The predicted octanol–water partition coefficient (Wildman–Crippen LogP) is 4.09. The van der Waals surface area contributed by atoms with E-state index in [0.717, 1.165) is 36.2 Å². The van der Waals surface area contributed by atoms with Crippen LogP contribution in [0.1, 0.15) is 36.8 Å². The van der Waals surface area contributed by atoms with Crippen molar-refractivity contribution in [1.29, 1.82) is 0 Å². The third-order valence-corrected chi connectivity index (χ3v) is 10.2. The zero-order chi connectivity index (χ0) is 23.8. The summed E-state index contributed by atoms with van der Waals surface area (Å²) in [5, 5.41) is 1.59. The summed E-state index contributed by atoms with van der Waals surface area (Å²) in [6, 6.07) is 14.9. The van der Waals surface area contributed by atoms with Crippen molar-refractivity contribution >= 4 is 26.5 Å². The van der Waals surface area contributed by atoms with Crippen molar-refractivity contribution in [3.8, 4) is 0 Å². The van der Waals surface area contributed by atoms with Crippen LogP contribution in [-0.2, 0) is 22.9 Å². The molecule has 0 N–H and O–H groups in total. The van der Waals surface area contributed by atoms with Crippen LogP contribution in [0.25, 0.3) is 10.8 Å². The van der Waals surface area contributed by atoms with Crippen LogP contribution in [0.3, 0.4) is 0 Å². The van der Waals surface area contributed by atoms with Gasteiger partial charge in [0.15, 0.2) is 0 Å². The molecule has 0 unspecified atom stereocenters. The van der Waals surface area contributed by atoms with Crippen LogP contribution in [0.5, 0.6) is 0 Å². The first-order chi connectivity index (χ1) is 17.1. The molecule has 1 saturated heterocycles. The zero-order valence-corrected chi connectivity index (χ0v) is 21.1. The van der Waals surface area contributed by atoms with E-state index in [1.54, 1.807) is 34.9 Å². The number of aromatic nitrogens is 1. The summed E-state index contributed by atoms with van der Waals surface area (Å²) in [5.41, 5.74) is 4.19. The van der Waals surface area contributed by atoms with Crippen LogP contribution < -0.4 is 4.90 Å². The number of pyridine rings is 1. The Morgan fingerprint density at radius 3 is 2.40 bits per heavy atom. The largest absolute Gasteiger partial charge is 0.369 e. The summed E-state index contributed by atoms with van der Waals surface area (Å²) in [4.78, 5) is 9.58. The van der Waals surface area contributed by atoms with Crippen LogP contribution >= 0.6 is 0 Å². The molecule has 184 valence electrons. The minimum Gasteiger partial charge on any atom is -0.369 e. The molecule has 3 aliphatic rings. The molecule has 6 nitrogen and oxygen atoms in total. The second-order valence-electron chi connectivity index (χ2n) is 10.2. The zero-order valence-electron chi connectivity index (χ0n) is 20.3. The van der Waals surface area contributed by atoms with Crippen molar-refractivity contribution in [2.24, 2.45) is 0 Å². The van der Waals surface area contributed by atoms with Gasteiger partial charge in [0.2, 0.25) is 10.0 Å². The minimum absolute atomic E-state index is 0.377. The number of benzene rings is 2. The van der Waals surface area contributed by atoms with E-state index in [1.807, 2.05) is 6.07 Å². The molecule has 2 aliphatic heterocycles. The summed E-state index contributed by atoms with van der Waals surface area (Å²) in [5.74, 6) is 0. The Labute approximate surface area is 208 Å². The van der Waals surface area contributed by atoms with E-state index in [-0.39, 0.29) is 0 Å². The molecule has 7 heteroatoms. The van der Waals surface area contributed by atoms with Gasteiger partial charge in [-0.2, -0.15) is 4.31 Å². The fourth-order valence-corrected chi connectivity index (χ4v) is 7.84. The lowest BCUT2D eigenvalue weighted by Crippen LogP contribution is -2.48. The highest BCUT2D eigenvalue weighted by molar-refractivity contribution is 7.89. The molecule has 0 amide bonds. The van der Waals surface area contributed by atoms with Gasteiger partial charge < -0.3 is 4.90 Å². The number of hydrogen-bond acceptors (Lipinski definition) is 5.